The van der Waals surface area contributed by atoms with Crippen LogP contribution in [0.25, 0.3) is 11.0 Å². The van der Waals surface area contributed by atoms with Crippen LogP contribution in [0.3, 0.4) is 0 Å². The molecule has 0 amide bonds. The number of aliphatic hydroxyl groups is 1. The van der Waals surface area contributed by atoms with E-state index in [1.54, 1.807) is 18.4 Å². The number of aliphatic hydroxyl groups excluding tert-OH is 1. The minimum absolute atomic E-state index is 0.234. The van der Waals surface area contributed by atoms with E-state index < -0.39 is 6.10 Å². The second kappa shape index (κ2) is 6.07. The lowest BCUT2D eigenvalue weighted by Gasteiger charge is -2.14. The van der Waals surface area contributed by atoms with Crippen LogP contribution in [0.2, 0.25) is 0 Å². The molecular weight excluding hydrogens is 290 g/mol. The summed E-state index contributed by atoms with van der Waals surface area (Å²) in [5.74, 6) is 0.234. The van der Waals surface area contributed by atoms with Crippen LogP contribution in [-0.4, -0.2) is 24.3 Å². The van der Waals surface area contributed by atoms with Crippen molar-refractivity contribution in [1.82, 2.24) is 0 Å². The van der Waals surface area contributed by atoms with Gasteiger partial charge >= 0.3 is 0 Å². The number of hydrogen-bond acceptors (Lipinski definition) is 3. The van der Waals surface area contributed by atoms with Gasteiger partial charge < -0.3 is 19.5 Å². The summed E-state index contributed by atoms with van der Waals surface area (Å²) in [4.78, 5) is 1.18. The SMILES string of the molecule is Cc1ccc([C@@H](O)c2coc3ccc(O)c(C[NH+](C)C)c23)cc1. The van der Waals surface area contributed by atoms with Crippen molar-refractivity contribution in [3.63, 3.8) is 0 Å². The highest BCUT2D eigenvalue weighted by Gasteiger charge is 2.22. The standard InChI is InChI=1S/C19H21NO3/c1-12-4-6-13(7-5-12)19(22)15-11-23-17-9-8-16(21)14(18(15)17)10-20(2)3/h4-9,11,19,21-22H,10H2,1-3H3/p+1/t19-/m1/s1. The second-order valence-electron chi connectivity index (χ2n) is 6.32. The number of quaternary nitrogens is 1. The van der Waals surface area contributed by atoms with Gasteiger partial charge in [-0.2, -0.15) is 0 Å². The van der Waals surface area contributed by atoms with Crippen LogP contribution in [0.1, 0.15) is 28.4 Å². The number of aryl methyl sites for hydroxylation is 1. The molecule has 0 saturated heterocycles. The molecule has 0 aliphatic heterocycles. The Labute approximate surface area is 135 Å². The molecule has 0 aliphatic carbocycles. The molecule has 1 aromatic heterocycles. The van der Waals surface area contributed by atoms with E-state index in [1.807, 2.05) is 45.3 Å². The fourth-order valence-electron chi connectivity index (χ4n) is 2.88. The third-order valence-electron chi connectivity index (χ3n) is 4.07. The molecule has 2 aromatic carbocycles. The van der Waals surface area contributed by atoms with Crippen LogP contribution in [0, 0.1) is 6.92 Å². The Morgan fingerprint density at radius 2 is 1.78 bits per heavy atom. The van der Waals surface area contributed by atoms with Gasteiger partial charge in [0.15, 0.2) is 0 Å². The third kappa shape index (κ3) is 2.96. The van der Waals surface area contributed by atoms with Crippen LogP contribution >= 0.6 is 0 Å². The maximum absolute atomic E-state index is 10.8. The molecular formula is C19H22NO3+. The Hall–Kier alpha value is -2.30. The average molecular weight is 312 g/mol. The first kappa shape index (κ1) is 15.6. The zero-order valence-corrected chi connectivity index (χ0v) is 13.6. The molecule has 3 rings (SSSR count). The first-order valence-electron chi connectivity index (χ1n) is 7.73. The fraction of sp³-hybridized carbons (Fsp3) is 0.263. The van der Waals surface area contributed by atoms with Crippen LogP contribution in [-0.2, 0) is 6.54 Å². The molecule has 4 nitrogen and oxygen atoms in total. The lowest BCUT2D eigenvalue weighted by Crippen LogP contribution is -3.04. The van der Waals surface area contributed by atoms with Crippen LogP contribution in [0.5, 0.6) is 5.75 Å². The number of aromatic hydroxyl groups is 1. The van der Waals surface area contributed by atoms with E-state index >= 15 is 0 Å². The normalized spacial score (nSPS) is 12.9. The number of phenolic OH excluding ortho intramolecular Hbond substituents is 1. The largest absolute Gasteiger partial charge is 0.507 e. The molecule has 3 aromatic rings. The summed E-state index contributed by atoms with van der Waals surface area (Å²) in [6.07, 6.45) is 0.804. The molecule has 3 N–H and O–H groups in total. The maximum Gasteiger partial charge on any atom is 0.135 e. The van der Waals surface area contributed by atoms with E-state index in [4.69, 9.17) is 4.42 Å². The predicted molar refractivity (Wildman–Crippen MR) is 89.6 cm³/mol. The van der Waals surface area contributed by atoms with Crippen molar-refractivity contribution in [3.8, 4) is 5.75 Å². The summed E-state index contributed by atoms with van der Waals surface area (Å²) in [5.41, 5.74) is 4.13. The van der Waals surface area contributed by atoms with Crippen LogP contribution < -0.4 is 4.90 Å². The monoisotopic (exact) mass is 312 g/mol. The Balaban J connectivity index is 2.13. The van der Waals surface area contributed by atoms with Gasteiger partial charge in [0, 0.05) is 10.9 Å². The minimum Gasteiger partial charge on any atom is -0.507 e. The second-order valence-corrected chi connectivity index (χ2v) is 6.32. The number of rotatable bonds is 4. The molecule has 4 heteroatoms. The van der Waals surface area contributed by atoms with Gasteiger partial charge in [-0.3, -0.25) is 0 Å². The Kier molecular flexibility index (Phi) is 4.11. The van der Waals surface area contributed by atoms with Crippen molar-refractivity contribution >= 4 is 11.0 Å². The Morgan fingerprint density at radius 1 is 1.09 bits per heavy atom. The first-order valence-corrected chi connectivity index (χ1v) is 7.73. The lowest BCUT2D eigenvalue weighted by atomic mass is 9.97. The van der Waals surface area contributed by atoms with E-state index in [0.717, 1.165) is 22.1 Å². The molecule has 1 atom stereocenters. The highest BCUT2D eigenvalue weighted by Crippen LogP contribution is 2.36. The van der Waals surface area contributed by atoms with Crippen molar-refractivity contribution in [3.05, 3.63) is 64.9 Å². The van der Waals surface area contributed by atoms with Crippen LogP contribution in [0.4, 0.5) is 0 Å². The molecule has 0 fully saturated rings. The smallest absolute Gasteiger partial charge is 0.135 e. The van der Waals surface area contributed by atoms with E-state index in [1.165, 1.54) is 4.90 Å². The molecule has 0 aliphatic rings. The summed E-state index contributed by atoms with van der Waals surface area (Å²) >= 11 is 0. The zero-order valence-electron chi connectivity index (χ0n) is 13.6. The molecule has 0 saturated carbocycles. The summed E-state index contributed by atoms with van der Waals surface area (Å²) in [5, 5.41) is 21.8. The number of benzene rings is 2. The summed E-state index contributed by atoms with van der Waals surface area (Å²) < 4.78 is 5.61. The highest BCUT2D eigenvalue weighted by atomic mass is 16.3. The van der Waals surface area contributed by atoms with Gasteiger partial charge in [0.1, 0.15) is 24.0 Å². The molecule has 1 heterocycles. The summed E-state index contributed by atoms with van der Waals surface area (Å²) in [7, 11) is 4.04. The third-order valence-corrected chi connectivity index (χ3v) is 4.07. The van der Waals surface area contributed by atoms with Gasteiger partial charge in [0.05, 0.1) is 25.9 Å². The molecule has 0 bridgehead atoms. The highest BCUT2D eigenvalue weighted by molar-refractivity contribution is 5.87. The van der Waals surface area contributed by atoms with Crippen molar-refractivity contribution in [1.29, 1.82) is 0 Å². The van der Waals surface area contributed by atoms with Gasteiger partial charge in [-0.15, -0.1) is 0 Å². The summed E-state index contributed by atoms with van der Waals surface area (Å²) in [6, 6.07) is 11.2. The van der Waals surface area contributed by atoms with Gasteiger partial charge in [-0.1, -0.05) is 29.8 Å². The molecule has 120 valence electrons. The van der Waals surface area contributed by atoms with E-state index in [9.17, 15) is 10.2 Å². The zero-order chi connectivity index (χ0) is 16.6. The van der Waals surface area contributed by atoms with Crippen molar-refractivity contribution in [2.45, 2.75) is 19.6 Å². The number of furan rings is 1. The molecule has 0 unspecified atom stereocenters. The lowest BCUT2D eigenvalue weighted by molar-refractivity contribution is -0.872. The Morgan fingerprint density at radius 3 is 2.43 bits per heavy atom. The maximum atomic E-state index is 10.8. The van der Waals surface area contributed by atoms with Crippen molar-refractivity contribution in [2.24, 2.45) is 0 Å². The topological polar surface area (TPSA) is 58.0 Å². The first-order chi connectivity index (χ1) is 11.0. The Bertz CT molecular complexity index is 818. The molecule has 0 spiro atoms. The van der Waals surface area contributed by atoms with E-state index in [-0.39, 0.29) is 5.75 Å². The van der Waals surface area contributed by atoms with Crippen molar-refractivity contribution < 1.29 is 19.5 Å². The van der Waals surface area contributed by atoms with Gasteiger partial charge in [0.2, 0.25) is 0 Å². The van der Waals surface area contributed by atoms with Gasteiger partial charge in [0.25, 0.3) is 0 Å². The number of hydrogen-bond donors (Lipinski definition) is 3. The fourth-order valence-corrected chi connectivity index (χ4v) is 2.88. The number of fused-ring (bicyclic) bond motifs is 1. The quantitative estimate of drug-likeness (QED) is 0.692. The number of phenols is 1. The predicted octanol–water partition coefficient (Wildman–Crippen LogP) is 2.17. The van der Waals surface area contributed by atoms with Gasteiger partial charge in [-0.25, -0.2) is 0 Å². The van der Waals surface area contributed by atoms with Crippen molar-refractivity contribution in [2.75, 3.05) is 14.1 Å². The van der Waals surface area contributed by atoms with Gasteiger partial charge in [-0.05, 0) is 24.6 Å². The summed E-state index contributed by atoms with van der Waals surface area (Å²) in [6.45, 7) is 2.66. The minimum atomic E-state index is -0.783. The average Bonchev–Trinajstić information content (AvgIpc) is 2.94. The molecule has 0 radical (unpaired) electrons. The van der Waals surface area contributed by atoms with Crippen LogP contribution in [0.15, 0.2) is 47.1 Å². The van der Waals surface area contributed by atoms with E-state index in [2.05, 4.69) is 0 Å². The van der Waals surface area contributed by atoms with E-state index in [0.29, 0.717) is 17.7 Å². The number of nitrogens with one attached hydrogen (secondary N) is 1. The molecule has 23 heavy (non-hydrogen) atoms.